The van der Waals surface area contributed by atoms with E-state index in [-0.39, 0.29) is 12.0 Å². The number of amides is 1. The number of hydrogen-bond donors (Lipinski definition) is 2. The SMILES string of the molecule is O=C(N[C@H](Cc1ccc(Cl)cc1)C(=O)O)c1cccc(F)c1. The summed E-state index contributed by atoms with van der Waals surface area (Å²) in [7, 11) is 0. The van der Waals surface area contributed by atoms with E-state index in [0.717, 1.165) is 11.6 Å². The smallest absolute Gasteiger partial charge is 0.326 e. The van der Waals surface area contributed by atoms with Crippen LogP contribution in [0.5, 0.6) is 0 Å². The topological polar surface area (TPSA) is 66.4 Å². The fraction of sp³-hybridized carbons (Fsp3) is 0.125. The van der Waals surface area contributed by atoms with Crippen LogP contribution in [0.3, 0.4) is 0 Å². The molecular weight excluding hydrogens is 309 g/mol. The second kappa shape index (κ2) is 7.04. The Morgan fingerprint density at radius 2 is 1.86 bits per heavy atom. The summed E-state index contributed by atoms with van der Waals surface area (Å²) in [4.78, 5) is 23.3. The molecule has 4 nitrogen and oxygen atoms in total. The standard InChI is InChI=1S/C16H13ClFNO3/c17-12-6-4-10(5-7-12)8-14(16(21)22)19-15(20)11-2-1-3-13(18)9-11/h1-7,9,14H,8H2,(H,19,20)(H,21,22)/t14-/m1/s1. The van der Waals surface area contributed by atoms with E-state index in [1.807, 2.05) is 0 Å². The van der Waals surface area contributed by atoms with Crippen LogP contribution in [0.15, 0.2) is 48.5 Å². The summed E-state index contributed by atoms with van der Waals surface area (Å²) in [6.45, 7) is 0. The van der Waals surface area contributed by atoms with Gasteiger partial charge in [0.1, 0.15) is 11.9 Å². The van der Waals surface area contributed by atoms with E-state index in [2.05, 4.69) is 5.32 Å². The fourth-order valence-corrected chi connectivity index (χ4v) is 2.05. The van der Waals surface area contributed by atoms with E-state index >= 15 is 0 Å². The molecule has 0 unspecified atom stereocenters. The minimum Gasteiger partial charge on any atom is -0.480 e. The van der Waals surface area contributed by atoms with Crippen LogP contribution in [-0.2, 0) is 11.2 Å². The molecule has 0 aliphatic rings. The van der Waals surface area contributed by atoms with Crippen LogP contribution in [-0.4, -0.2) is 23.0 Å². The first-order valence-corrected chi connectivity index (χ1v) is 6.87. The van der Waals surface area contributed by atoms with Crippen LogP contribution in [0.1, 0.15) is 15.9 Å². The number of halogens is 2. The minimum atomic E-state index is -1.17. The first-order chi connectivity index (χ1) is 10.5. The molecule has 0 spiro atoms. The van der Waals surface area contributed by atoms with Crippen molar-refractivity contribution in [3.8, 4) is 0 Å². The highest BCUT2D eigenvalue weighted by atomic mass is 35.5. The predicted octanol–water partition coefficient (Wildman–Crippen LogP) is 2.90. The third-order valence-corrected chi connectivity index (χ3v) is 3.30. The summed E-state index contributed by atoms with van der Waals surface area (Å²) >= 11 is 5.77. The van der Waals surface area contributed by atoms with Crippen LogP contribution in [0, 0.1) is 5.82 Å². The van der Waals surface area contributed by atoms with Crippen molar-refractivity contribution in [1.82, 2.24) is 5.32 Å². The number of benzene rings is 2. The number of nitrogens with one attached hydrogen (secondary N) is 1. The number of carbonyl (C=O) groups is 2. The lowest BCUT2D eigenvalue weighted by Crippen LogP contribution is -2.42. The van der Waals surface area contributed by atoms with Crippen molar-refractivity contribution in [1.29, 1.82) is 0 Å². The molecule has 0 radical (unpaired) electrons. The lowest BCUT2D eigenvalue weighted by atomic mass is 10.1. The third-order valence-electron chi connectivity index (χ3n) is 3.04. The van der Waals surface area contributed by atoms with Gasteiger partial charge in [-0.15, -0.1) is 0 Å². The molecule has 0 saturated heterocycles. The van der Waals surface area contributed by atoms with E-state index in [1.165, 1.54) is 18.2 Å². The summed E-state index contributed by atoms with van der Waals surface area (Å²) in [6, 6.07) is 10.6. The van der Waals surface area contributed by atoms with Crippen LogP contribution < -0.4 is 5.32 Å². The molecule has 2 aromatic rings. The second-order valence-corrected chi connectivity index (χ2v) is 5.14. The normalized spacial score (nSPS) is 11.7. The summed E-state index contributed by atoms with van der Waals surface area (Å²) in [5, 5.41) is 12.2. The highest BCUT2D eigenvalue weighted by molar-refractivity contribution is 6.30. The van der Waals surface area contributed by atoms with Gasteiger partial charge in [-0.3, -0.25) is 4.79 Å². The van der Waals surface area contributed by atoms with E-state index < -0.39 is 23.7 Å². The van der Waals surface area contributed by atoms with E-state index in [0.29, 0.717) is 5.02 Å². The van der Waals surface area contributed by atoms with Gasteiger partial charge in [0.25, 0.3) is 5.91 Å². The zero-order chi connectivity index (χ0) is 16.1. The van der Waals surface area contributed by atoms with Gasteiger partial charge in [-0.05, 0) is 35.9 Å². The molecular formula is C16H13ClFNO3. The molecule has 0 bridgehead atoms. The summed E-state index contributed by atoms with van der Waals surface area (Å²) in [5.74, 6) is -2.36. The van der Waals surface area contributed by atoms with Gasteiger partial charge in [-0.2, -0.15) is 0 Å². The maximum Gasteiger partial charge on any atom is 0.326 e. The van der Waals surface area contributed by atoms with Gasteiger partial charge in [-0.25, -0.2) is 9.18 Å². The zero-order valence-electron chi connectivity index (χ0n) is 11.4. The van der Waals surface area contributed by atoms with Crippen molar-refractivity contribution in [2.45, 2.75) is 12.5 Å². The van der Waals surface area contributed by atoms with E-state index in [9.17, 15) is 19.1 Å². The molecule has 0 aromatic heterocycles. The average Bonchev–Trinajstić information content (AvgIpc) is 2.48. The van der Waals surface area contributed by atoms with Crippen molar-refractivity contribution < 1.29 is 19.1 Å². The van der Waals surface area contributed by atoms with Crippen LogP contribution >= 0.6 is 11.6 Å². The monoisotopic (exact) mass is 321 g/mol. The van der Waals surface area contributed by atoms with Crippen molar-refractivity contribution in [3.05, 3.63) is 70.5 Å². The summed E-state index contributed by atoms with van der Waals surface area (Å²) in [6.07, 6.45) is 0.105. The van der Waals surface area contributed by atoms with Crippen LogP contribution in [0.25, 0.3) is 0 Å². The number of carboxylic acids is 1. The van der Waals surface area contributed by atoms with Crippen LogP contribution in [0.2, 0.25) is 5.02 Å². The molecule has 0 fully saturated rings. The van der Waals surface area contributed by atoms with Crippen molar-refractivity contribution in [2.75, 3.05) is 0 Å². The number of rotatable bonds is 5. The molecule has 2 rings (SSSR count). The molecule has 0 heterocycles. The maximum atomic E-state index is 13.1. The van der Waals surface area contributed by atoms with Gasteiger partial charge in [-0.1, -0.05) is 29.8 Å². The fourth-order valence-electron chi connectivity index (χ4n) is 1.93. The predicted molar refractivity (Wildman–Crippen MR) is 80.4 cm³/mol. The molecule has 22 heavy (non-hydrogen) atoms. The van der Waals surface area contributed by atoms with Crippen molar-refractivity contribution >= 4 is 23.5 Å². The Morgan fingerprint density at radius 3 is 2.45 bits per heavy atom. The molecule has 114 valence electrons. The zero-order valence-corrected chi connectivity index (χ0v) is 12.2. The molecule has 1 atom stereocenters. The number of carbonyl (C=O) groups excluding carboxylic acids is 1. The highest BCUT2D eigenvalue weighted by Gasteiger charge is 2.21. The summed E-state index contributed by atoms with van der Waals surface area (Å²) in [5.41, 5.74) is 0.790. The molecule has 0 aliphatic carbocycles. The lowest BCUT2D eigenvalue weighted by Gasteiger charge is -2.15. The molecule has 1 amide bonds. The number of aliphatic carboxylic acids is 1. The minimum absolute atomic E-state index is 0.0716. The highest BCUT2D eigenvalue weighted by Crippen LogP contribution is 2.12. The van der Waals surface area contributed by atoms with Gasteiger partial charge >= 0.3 is 5.97 Å². The molecule has 2 aromatic carbocycles. The van der Waals surface area contributed by atoms with Crippen molar-refractivity contribution in [2.24, 2.45) is 0 Å². The summed E-state index contributed by atoms with van der Waals surface area (Å²) < 4.78 is 13.1. The largest absolute Gasteiger partial charge is 0.480 e. The number of hydrogen-bond acceptors (Lipinski definition) is 2. The Bertz CT molecular complexity index is 688. The number of carboxylic acid groups (broad SMARTS) is 1. The first kappa shape index (κ1) is 16.0. The van der Waals surface area contributed by atoms with Gasteiger partial charge in [0.05, 0.1) is 0 Å². The molecule has 2 N–H and O–H groups in total. The average molecular weight is 322 g/mol. The molecule has 6 heteroatoms. The van der Waals surface area contributed by atoms with Gasteiger partial charge in [0.15, 0.2) is 0 Å². The van der Waals surface area contributed by atoms with Gasteiger partial charge in [0, 0.05) is 17.0 Å². The van der Waals surface area contributed by atoms with E-state index in [1.54, 1.807) is 24.3 Å². The Balaban J connectivity index is 2.10. The Morgan fingerprint density at radius 1 is 1.18 bits per heavy atom. The van der Waals surface area contributed by atoms with Gasteiger partial charge < -0.3 is 10.4 Å². The van der Waals surface area contributed by atoms with Crippen molar-refractivity contribution in [3.63, 3.8) is 0 Å². The Kier molecular flexibility index (Phi) is 5.12. The lowest BCUT2D eigenvalue weighted by molar-refractivity contribution is -0.139. The Hall–Kier alpha value is -2.40. The second-order valence-electron chi connectivity index (χ2n) is 4.71. The van der Waals surface area contributed by atoms with Crippen LogP contribution in [0.4, 0.5) is 4.39 Å². The molecule has 0 saturated carbocycles. The van der Waals surface area contributed by atoms with E-state index in [4.69, 9.17) is 11.6 Å². The quantitative estimate of drug-likeness (QED) is 0.890. The molecule has 0 aliphatic heterocycles. The third kappa shape index (κ3) is 4.30. The van der Waals surface area contributed by atoms with Gasteiger partial charge in [0.2, 0.25) is 0 Å². The first-order valence-electron chi connectivity index (χ1n) is 6.49. The Labute approximate surface area is 131 Å². The maximum absolute atomic E-state index is 13.1.